The van der Waals surface area contributed by atoms with Crippen LogP contribution in [0, 0.1) is 23.2 Å². The van der Waals surface area contributed by atoms with Crippen LogP contribution in [0.1, 0.15) is 77.1 Å². The van der Waals surface area contributed by atoms with E-state index in [1.807, 2.05) is 19.9 Å². The van der Waals surface area contributed by atoms with Gasteiger partial charge >= 0.3 is 17.7 Å². The highest BCUT2D eigenvalue weighted by Gasteiger charge is 2.36. The smallest absolute Gasteiger partial charge is 0.446 e. The number of hydrogen-bond acceptors (Lipinski definition) is 8. The number of halogens is 8. The summed E-state index contributed by atoms with van der Waals surface area (Å²) in [5, 5.41) is 21.6. The average Bonchev–Trinajstić information content (AvgIpc) is 3.38. The lowest BCUT2D eigenvalue weighted by Gasteiger charge is -2.13. The first-order valence-corrected chi connectivity index (χ1v) is 18.1. The molecule has 0 amide bonds. The Labute approximate surface area is 324 Å². The lowest BCUT2D eigenvalue weighted by Crippen LogP contribution is -2.07. The fraction of sp³-hybridized carbons (Fsp3) is 0.405. The molecule has 8 nitrogen and oxygen atoms in total. The second kappa shape index (κ2) is 21.1. The molecule has 0 spiro atoms. The van der Waals surface area contributed by atoms with Gasteiger partial charge in [0.2, 0.25) is 0 Å². The predicted octanol–water partition coefficient (Wildman–Crippen LogP) is 12.1. The first kappa shape index (κ1) is 46.0. The number of methoxy groups -OCH3 is 1. The van der Waals surface area contributed by atoms with Crippen molar-refractivity contribution in [2.75, 3.05) is 13.7 Å². The Kier molecular flexibility index (Phi) is 18.0. The van der Waals surface area contributed by atoms with E-state index in [-0.39, 0.29) is 23.0 Å². The maximum atomic E-state index is 13.2. The predicted molar refractivity (Wildman–Crippen MR) is 199 cm³/mol. The van der Waals surface area contributed by atoms with Crippen molar-refractivity contribution in [3.05, 3.63) is 81.0 Å². The minimum absolute atomic E-state index is 0.0406. The fourth-order valence-corrected chi connectivity index (χ4v) is 5.98. The van der Waals surface area contributed by atoms with E-state index in [0.717, 1.165) is 24.1 Å². The summed E-state index contributed by atoms with van der Waals surface area (Å²) < 4.78 is 89.5. The SMILES string of the molecule is CCOC(=O)/C=C(C)/C=C/CC(C)CCCC(C)C.COc1cc(C=Nc2c(SC(F)(F)F)c(C#N)nn2-c2c(Cl)cc(C(F)(F)F)cc2Cl)ccc1O. The number of aliphatic imine (C=N–C) groups is 1. The van der Waals surface area contributed by atoms with Crippen LogP contribution in [0.25, 0.3) is 5.69 Å². The van der Waals surface area contributed by atoms with E-state index in [2.05, 4.69) is 36.9 Å². The maximum absolute atomic E-state index is 13.2. The first-order chi connectivity index (χ1) is 25.2. The molecule has 0 saturated heterocycles. The normalized spacial score (nSPS) is 12.9. The average molecular weight is 822 g/mol. The summed E-state index contributed by atoms with van der Waals surface area (Å²) in [6.07, 6.45) is 6.96. The number of rotatable bonds is 14. The van der Waals surface area contributed by atoms with E-state index < -0.39 is 61.1 Å². The molecule has 0 aliphatic carbocycles. The number of nitriles is 1. The molecule has 294 valence electrons. The Bertz CT molecular complexity index is 1850. The molecular formula is C37H40Cl2F6N4O4S. The molecule has 0 radical (unpaired) electrons. The third kappa shape index (κ3) is 14.9. The van der Waals surface area contributed by atoms with Crippen LogP contribution in [0.3, 0.4) is 0 Å². The third-order valence-electron chi connectivity index (χ3n) is 7.27. The van der Waals surface area contributed by atoms with E-state index in [1.165, 1.54) is 50.6 Å². The highest BCUT2D eigenvalue weighted by molar-refractivity contribution is 8.00. The number of aromatic nitrogens is 2. The fourth-order valence-electron chi connectivity index (χ4n) is 4.69. The quantitative estimate of drug-likeness (QED) is 0.0430. The molecule has 0 bridgehead atoms. The number of carbonyl (C=O) groups is 1. The summed E-state index contributed by atoms with van der Waals surface area (Å²) in [6, 6.07) is 6.46. The van der Waals surface area contributed by atoms with E-state index in [4.69, 9.17) is 32.7 Å². The van der Waals surface area contributed by atoms with Crippen molar-refractivity contribution in [1.29, 1.82) is 5.26 Å². The zero-order chi connectivity index (χ0) is 40.8. The monoisotopic (exact) mass is 820 g/mol. The van der Waals surface area contributed by atoms with Gasteiger partial charge in [-0.1, -0.05) is 75.4 Å². The zero-order valence-electron chi connectivity index (χ0n) is 30.3. The molecule has 1 aromatic heterocycles. The topological polar surface area (TPSA) is 110 Å². The number of allylic oxidation sites excluding steroid dienone is 3. The van der Waals surface area contributed by atoms with Gasteiger partial charge in [-0.2, -0.15) is 36.7 Å². The van der Waals surface area contributed by atoms with Gasteiger partial charge in [0.15, 0.2) is 23.0 Å². The standard InChI is InChI=1S/C20H10Cl2F6N4O2S.C17H30O2/c1-34-15-4-9(2-3-14(15)33)8-30-18-17(35-20(26,27)28)13(7-29)31-32(18)16-11(21)5-10(6-12(16)22)19(23,24)25;1-6-19-17(18)13-16(5)12-8-11-15(4)10-7-9-14(2)3/h2-6,8,33H,1H3;8,12-15H,6-7,9-11H2,1-5H3/b;12-8+,16-13+. The number of carbonyl (C=O) groups excluding carboxylic acids is 1. The van der Waals surface area contributed by atoms with Gasteiger partial charge in [0, 0.05) is 12.3 Å². The first-order valence-electron chi connectivity index (χ1n) is 16.5. The maximum Gasteiger partial charge on any atom is 0.446 e. The molecule has 54 heavy (non-hydrogen) atoms. The summed E-state index contributed by atoms with van der Waals surface area (Å²) in [6.45, 7) is 11.0. The Hall–Kier alpha value is -4.13. The van der Waals surface area contributed by atoms with Crippen molar-refractivity contribution < 1.29 is 45.7 Å². The van der Waals surface area contributed by atoms with Crippen molar-refractivity contribution in [1.82, 2.24) is 9.78 Å². The highest BCUT2D eigenvalue weighted by atomic mass is 35.5. The number of esters is 1. The second-order valence-electron chi connectivity index (χ2n) is 12.3. The summed E-state index contributed by atoms with van der Waals surface area (Å²) in [4.78, 5) is 14.5. The third-order valence-corrected chi connectivity index (χ3v) is 8.66. The van der Waals surface area contributed by atoms with Crippen LogP contribution in [0.4, 0.5) is 32.2 Å². The van der Waals surface area contributed by atoms with Crippen molar-refractivity contribution in [2.24, 2.45) is 16.8 Å². The number of phenolic OH excluding ortho intramolecular Hbond substituents is 1. The Morgan fingerprint density at radius 3 is 2.30 bits per heavy atom. The van der Waals surface area contributed by atoms with Crippen LogP contribution in [-0.2, 0) is 15.7 Å². The van der Waals surface area contributed by atoms with Gasteiger partial charge in [-0.3, -0.25) is 0 Å². The number of phenols is 1. The van der Waals surface area contributed by atoms with Crippen LogP contribution in [0.5, 0.6) is 11.5 Å². The van der Waals surface area contributed by atoms with Gasteiger partial charge in [-0.15, -0.1) is 0 Å². The van der Waals surface area contributed by atoms with E-state index in [9.17, 15) is 41.5 Å². The van der Waals surface area contributed by atoms with Gasteiger partial charge in [0.1, 0.15) is 11.8 Å². The van der Waals surface area contributed by atoms with Crippen molar-refractivity contribution >= 4 is 53.0 Å². The Morgan fingerprint density at radius 1 is 1.11 bits per heavy atom. The van der Waals surface area contributed by atoms with Crippen LogP contribution in [0.2, 0.25) is 10.0 Å². The molecular weight excluding hydrogens is 781 g/mol. The number of ether oxygens (including phenoxy) is 2. The highest BCUT2D eigenvalue weighted by Crippen LogP contribution is 2.46. The van der Waals surface area contributed by atoms with Crippen LogP contribution in [-0.4, -0.2) is 46.3 Å². The number of thioether (sulfide) groups is 1. The number of nitrogens with zero attached hydrogens (tertiary/aromatic N) is 4. The van der Waals surface area contributed by atoms with Gasteiger partial charge in [-0.05, 0) is 85.3 Å². The number of alkyl halides is 6. The summed E-state index contributed by atoms with van der Waals surface area (Å²) in [5.41, 5.74) is -5.97. The minimum Gasteiger partial charge on any atom is -0.504 e. The Balaban J connectivity index is 0.000000451. The molecule has 0 aliphatic heterocycles. The lowest BCUT2D eigenvalue weighted by atomic mass is 9.97. The van der Waals surface area contributed by atoms with E-state index in [0.29, 0.717) is 29.3 Å². The molecule has 3 rings (SSSR count). The molecule has 0 aliphatic rings. The zero-order valence-corrected chi connectivity index (χ0v) is 32.6. The molecule has 0 fully saturated rings. The summed E-state index contributed by atoms with van der Waals surface area (Å²) in [7, 11) is 1.27. The summed E-state index contributed by atoms with van der Waals surface area (Å²) in [5.74, 6) is 0.522. The Morgan fingerprint density at radius 2 is 1.76 bits per heavy atom. The van der Waals surface area contributed by atoms with Crippen LogP contribution < -0.4 is 4.74 Å². The van der Waals surface area contributed by atoms with Gasteiger partial charge in [0.25, 0.3) is 0 Å². The second-order valence-corrected chi connectivity index (χ2v) is 14.1. The summed E-state index contributed by atoms with van der Waals surface area (Å²) >= 11 is 11.3. The molecule has 1 heterocycles. The van der Waals surface area contributed by atoms with Crippen molar-refractivity contribution in [3.8, 4) is 23.3 Å². The van der Waals surface area contributed by atoms with Crippen molar-refractivity contribution in [3.63, 3.8) is 0 Å². The molecule has 3 aromatic rings. The van der Waals surface area contributed by atoms with E-state index >= 15 is 0 Å². The van der Waals surface area contributed by atoms with Crippen LogP contribution in [0.15, 0.2) is 64.0 Å². The minimum atomic E-state index is -4.86. The number of benzene rings is 2. The molecule has 17 heteroatoms. The lowest BCUT2D eigenvalue weighted by molar-refractivity contribution is -0.138. The molecule has 1 N–H and O–H groups in total. The molecule has 1 unspecified atom stereocenters. The molecule has 2 aromatic carbocycles. The largest absolute Gasteiger partial charge is 0.504 e. The molecule has 1 atom stereocenters. The molecule has 0 saturated carbocycles. The van der Waals surface area contributed by atoms with Gasteiger partial charge < -0.3 is 14.6 Å². The van der Waals surface area contributed by atoms with Gasteiger partial charge in [0.05, 0.1) is 34.2 Å². The number of hydrogen-bond donors (Lipinski definition) is 1. The van der Waals surface area contributed by atoms with Crippen LogP contribution >= 0.6 is 35.0 Å². The van der Waals surface area contributed by atoms with Crippen molar-refractivity contribution in [2.45, 2.75) is 76.9 Å². The number of aromatic hydroxyl groups is 1. The van der Waals surface area contributed by atoms with Gasteiger partial charge in [-0.25, -0.2) is 14.5 Å². The van der Waals surface area contributed by atoms with E-state index in [1.54, 1.807) is 6.08 Å².